The molecule has 0 aliphatic rings. The van der Waals surface area contributed by atoms with Crippen molar-refractivity contribution in [2.45, 2.75) is 20.0 Å². The summed E-state index contributed by atoms with van der Waals surface area (Å²) in [6.07, 6.45) is 0. The van der Waals surface area contributed by atoms with Gasteiger partial charge in [0.2, 0.25) is 5.91 Å². The number of likely N-dealkylation sites (N-methyl/N-ethyl adjacent to an activating group) is 1. The number of nitrogens with zero attached hydrogens (tertiary/aromatic N) is 3. The van der Waals surface area contributed by atoms with Crippen LogP contribution in [-0.4, -0.2) is 26.5 Å². The number of amides is 1. The first-order chi connectivity index (χ1) is 12.5. The van der Waals surface area contributed by atoms with Gasteiger partial charge in [0.15, 0.2) is 0 Å². The predicted molar refractivity (Wildman–Crippen MR) is 101 cm³/mol. The van der Waals surface area contributed by atoms with Crippen LogP contribution in [0, 0.1) is 0 Å². The van der Waals surface area contributed by atoms with E-state index in [9.17, 15) is 14.4 Å². The number of aromatic nitrogens is 2. The van der Waals surface area contributed by atoms with Crippen molar-refractivity contribution < 1.29 is 4.79 Å². The summed E-state index contributed by atoms with van der Waals surface area (Å²) in [6, 6.07) is 16.6. The Kier molecular flexibility index (Phi) is 5.02. The average molecular weight is 351 g/mol. The molecule has 3 aromatic rings. The van der Waals surface area contributed by atoms with Crippen molar-refractivity contribution in [3.63, 3.8) is 0 Å². The van der Waals surface area contributed by atoms with E-state index in [1.54, 1.807) is 29.2 Å². The van der Waals surface area contributed by atoms with Gasteiger partial charge in [-0.25, -0.2) is 4.79 Å². The summed E-state index contributed by atoms with van der Waals surface area (Å²) in [5.74, 6) is -0.165. The highest BCUT2D eigenvalue weighted by Gasteiger charge is 2.17. The van der Waals surface area contributed by atoms with Crippen molar-refractivity contribution in [1.29, 1.82) is 0 Å². The van der Waals surface area contributed by atoms with E-state index in [1.807, 2.05) is 37.3 Å². The molecule has 2 aromatic carbocycles. The zero-order valence-corrected chi connectivity index (χ0v) is 14.9. The molecule has 0 radical (unpaired) electrons. The fraction of sp³-hybridized carbons (Fsp3) is 0.250. The minimum Gasteiger partial charge on any atom is -0.337 e. The third kappa shape index (κ3) is 3.31. The van der Waals surface area contributed by atoms with Crippen LogP contribution in [-0.2, 0) is 24.9 Å². The van der Waals surface area contributed by atoms with Crippen LogP contribution in [0.4, 0.5) is 0 Å². The van der Waals surface area contributed by atoms with E-state index < -0.39 is 5.69 Å². The van der Waals surface area contributed by atoms with Crippen molar-refractivity contribution in [2.24, 2.45) is 7.05 Å². The van der Waals surface area contributed by atoms with E-state index in [0.29, 0.717) is 24.0 Å². The molecule has 6 nitrogen and oxygen atoms in total. The van der Waals surface area contributed by atoms with Crippen LogP contribution in [0.1, 0.15) is 12.5 Å². The molecule has 26 heavy (non-hydrogen) atoms. The Hall–Kier alpha value is -3.15. The lowest BCUT2D eigenvalue weighted by Crippen LogP contribution is -2.42. The van der Waals surface area contributed by atoms with Gasteiger partial charge in [0, 0.05) is 20.1 Å². The van der Waals surface area contributed by atoms with Crippen LogP contribution in [0.25, 0.3) is 10.9 Å². The molecule has 0 bridgehead atoms. The van der Waals surface area contributed by atoms with E-state index in [1.165, 1.54) is 11.6 Å². The van der Waals surface area contributed by atoms with Crippen LogP contribution >= 0.6 is 0 Å². The molecule has 1 heterocycles. The topological polar surface area (TPSA) is 64.3 Å². The highest BCUT2D eigenvalue weighted by Crippen LogP contribution is 2.09. The summed E-state index contributed by atoms with van der Waals surface area (Å²) in [6.45, 7) is 2.82. The monoisotopic (exact) mass is 351 g/mol. The van der Waals surface area contributed by atoms with Crippen molar-refractivity contribution in [2.75, 3.05) is 6.54 Å². The summed E-state index contributed by atoms with van der Waals surface area (Å²) in [5.41, 5.74) is 0.661. The largest absolute Gasteiger partial charge is 0.337 e. The second kappa shape index (κ2) is 7.39. The molecule has 3 rings (SSSR count). The lowest BCUT2D eigenvalue weighted by molar-refractivity contribution is -0.132. The van der Waals surface area contributed by atoms with Crippen LogP contribution in [0.5, 0.6) is 0 Å². The van der Waals surface area contributed by atoms with Gasteiger partial charge in [0.05, 0.1) is 10.9 Å². The quantitative estimate of drug-likeness (QED) is 0.703. The normalized spacial score (nSPS) is 10.8. The summed E-state index contributed by atoms with van der Waals surface area (Å²) < 4.78 is 2.41. The lowest BCUT2D eigenvalue weighted by Gasteiger charge is -2.22. The van der Waals surface area contributed by atoms with Gasteiger partial charge in [-0.15, -0.1) is 0 Å². The summed E-state index contributed by atoms with van der Waals surface area (Å²) >= 11 is 0. The van der Waals surface area contributed by atoms with E-state index >= 15 is 0 Å². The highest BCUT2D eigenvalue weighted by atomic mass is 16.2. The third-order valence-electron chi connectivity index (χ3n) is 4.49. The number of hydrogen-bond donors (Lipinski definition) is 0. The Bertz CT molecular complexity index is 1050. The van der Waals surface area contributed by atoms with Crippen molar-refractivity contribution in [3.05, 3.63) is 81.0 Å². The van der Waals surface area contributed by atoms with Gasteiger partial charge in [-0.2, -0.15) is 0 Å². The van der Waals surface area contributed by atoms with Crippen LogP contribution in [0.2, 0.25) is 0 Å². The van der Waals surface area contributed by atoms with Crippen LogP contribution in [0.15, 0.2) is 64.2 Å². The molecule has 0 spiro atoms. The molecule has 0 unspecified atom stereocenters. The number of hydrogen-bond acceptors (Lipinski definition) is 3. The first-order valence-electron chi connectivity index (χ1n) is 8.53. The lowest BCUT2D eigenvalue weighted by atomic mass is 10.2. The Morgan fingerprint density at radius 3 is 2.35 bits per heavy atom. The molecule has 0 atom stereocenters. The SMILES string of the molecule is CCN(Cc1ccccc1)C(=O)Cn1c(=O)n(C)c(=O)c2ccccc21. The molecule has 0 saturated heterocycles. The summed E-state index contributed by atoms with van der Waals surface area (Å²) in [4.78, 5) is 39.4. The van der Waals surface area contributed by atoms with Crippen molar-refractivity contribution >= 4 is 16.8 Å². The third-order valence-corrected chi connectivity index (χ3v) is 4.49. The second-order valence-electron chi connectivity index (χ2n) is 6.14. The fourth-order valence-corrected chi connectivity index (χ4v) is 3.01. The molecule has 134 valence electrons. The number of carbonyl (C=O) groups is 1. The zero-order valence-electron chi connectivity index (χ0n) is 14.9. The van der Waals surface area contributed by atoms with E-state index in [4.69, 9.17) is 0 Å². The van der Waals surface area contributed by atoms with Gasteiger partial charge < -0.3 is 4.90 Å². The van der Waals surface area contributed by atoms with Crippen LogP contribution in [0.3, 0.4) is 0 Å². The molecular weight excluding hydrogens is 330 g/mol. The van der Waals surface area contributed by atoms with Gasteiger partial charge in [-0.1, -0.05) is 42.5 Å². The van der Waals surface area contributed by atoms with Gasteiger partial charge in [-0.05, 0) is 24.6 Å². The first-order valence-corrected chi connectivity index (χ1v) is 8.53. The van der Waals surface area contributed by atoms with Crippen molar-refractivity contribution in [3.8, 4) is 0 Å². The minimum absolute atomic E-state index is 0.103. The molecule has 6 heteroatoms. The Morgan fingerprint density at radius 2 is 1.65 bits per heavy atom. The molecule has 1 amide bonds. The summed E-state index contributed by atoms with van der Waals surface area (Å²) in [7, 11) is 1.43. The van der Waals surface area contributed by atoms with E-state index in [-0.39, 0.29) is 18.0 Å². The van der Waals surface area contributed by atoms with Crippen LogP contribution < -0.4 is 11.2 Å². The zero-order chi connectivity index (χ0) is 18.7. The van der Waals surface area contributed by atoms with Gasteiger partial charge in [0.25, 0.3) is 5.56 Å². The van der Waals surface area contributed by atoms with Gasteiger partial charge >= 0.3 is 5.69 Å². The molecule has 0 aliphatic carbocycles. The standard InChI is InChI=1S/C20H21N3O3/c1-3-22(13-15-9-5-4-6-10-15)18(24)14-23-17-12-8-7-11-16(17)19(25)21(2)20(23)26/h4-12H,3,13-14H2,1-2H3. The number of carbonyl (C=O) groups excluding carboxylic acids is 1. The number of rotatable bonds is 5. The minimum atomic E-state index is -0.488. The van der Waals surface area contributed by atoms with Gasteiger partial charge in [-0.3, -0.25) is 18.7 Å². The maximum Gasteiger partial charge on any atom is 0.331 e. The number of fused-ring (bicyclic) bond motifs is 1. The molecule has 0 fully saturated rings. The second-order valence-corrected chi connectivity index (χ2v) is 6.14. The Morgan fingerprint density at radius 1 is 1.00 bits per heavy atom. The highest BCUT2D eigenvalue weighted by molar-refractivity contribution is 5.81. The molecule has 0 aliphatic heterocycles. The average Bonchev–Trinajstić information content (AvgIpc) is 2.68. The maximum atomic E-state index is 12.8. The Labute approximate surface area is 150 Å². The predicted octanol–water partition coefficient (Wildman–Crippen LogP) is 1.75. The molecule has 0 N–H and O–H groups in total. The van der Waals surface area contributed by atoms with E-state index in [2.05, 4.69) is 0 Å². The van der Waals surface area contributed by atoms with Gasteiger partial charge in [0.1, 0.15) is 6.54 Å². The number of benzene rings is 2. The maximum absolute atomic E-state index is 12.8. The molecule has 1 aromatic heterocycles. The molecular formula is C20H21N3O3. The summed E-state index contributed by atoms with van der Waals surface area (Å²) in [5, 5.41) is 0.425. The number of para-hydroxylation sites is 1. The van der Waals surface area contributed by atoms with Crippen molar-refractivity contribution in [1.82, 2.24) is 14.0 Å². The smallest absolute Gasteiger partial charge is 0.331 e. The molecule has 0 saturated carbocycles. The first kappa shape index (κ1) is 17.7. The van der Waals surface area contributed by atoms with E-state index in [0.717, 1.165) is 10.1 Å². The Balaban J connectivity index is 1.96. The fourth-order valence-electron chi connectivity index (χ4n) is 3.01.